The molecule has 2 aliphatic rings. The van der Waals surface area contributed by atoms with Crippen LogP contribution in [0, 0.1) is 11.7 Å². The fourth-order valence-corrected chi connectivity index (χ4v) is 6.85. The summed E-state index contributed by atoms with van der Waals surface area (Å²) in [6, 6.07) is 18.9. The molecule has 1 N–H and O–H groups in total. The largest absolute Gasteiger partial charge is 0.321 e. The molecule has 2 atom stereocenters. The summed E-state index contributed by atoms with van der Waals surface area (Å²) < 4.78 is 13.8. The van der Waals surface area contributed by atoms with Gasteiger partial charge in [-0.05, 0) is 116 Å². The number of rotatable bonds is 7. The van der Waals surface area contributed by atoms with E-state index < -0.39 is 0 Å². The normalized spacial score (nSPS) is 19.0. The van der Waals surface area contributed by atoms with Crippen molar-refractivity contribution in [2.24, 2.45) is 5.92 Å². The number of amides is 1. The molecule has 232 valence electrons. The van der Waals surface area contributed by atoms with Crippen LogP contribution in [0.1, 0.15) is 81.9 Å². The first kappa shape index (κ1) is 30.8. The molecule has 2 unspecified atom stereocenters. The summed E-state index contributed by atoms with van der Waals surface area (Å²) in [6.45, 7) is 9.95. The van der Waals surface area contributed by atoms with E-state index in [1.165, 1.54) is 48.1 Å². The average molecular weight is 603 g/mol. The van der Waals surface area contributed by atoms with Crippen molar-refractivity contribution in [2.75, 3.05) is 18.4 Å². The quantitative estimate of drug-likeness (QED) is 0.229. The molecule has 6 rings (SSSR count). The van der Waals surface area contributed by atoms with Crippen LogP contribution in [0.3, 0.4) is 0 Å². The van der Waals surface area contributed by atoms with Crippen LogP contribution in [0.15, 0.2) is 84.8 Å². The highest BCUT2D eigenvalue weighted by Gasteiger charge is 2.28. The third kappa shape index (κ3) is 7.07. The van der Waals surface area contributed by atoms with E-state index in [0.29, 0.717) is 28.8 Å². The molecule has 1 fully saturated rings. The van der Waals surface area contributed by atoms with Gasteiger partial charge in [-0.15, -0.1) is 0 Å². The molecule has 45 heavy (non-hydrogen) atoms. The summed E-state index contributed by atoms with van der Waals surface area (Å²) in [7, 11) is 0. The number of anilines is 1. The fourth-order valence-electron chi connectivity index (χ4n) is 6.85. The van der Waals surface area contributed by atoms with E-state index in [0.717, 1.165) is 61.2 Å². The van der Waals surface area contributed by atoms with Gasteiger partial charge in [-0.1, -0.05) is 57.0 Å². The third-order valence-electron chi connectivity index (χ3n) is 9.70. The molecule has 0 spiro atoms. The Balaban J connectivity index is 1.34. The van der Waals surface area contributed by atoms with Crippen LogP contribution in [0.4, 0.5) is 10.1 Å². The van der Waals surface area contributed by atoms with Crippen LogP contribution in [0.25, 0.3) is 28.0 Å². The van der Waals surface area contributed by atoms with Gasteiger partial charge < -0.3 is 5.32 Å². The maximum absolute atomic E-state index is 14.2. The predicted molar refractivity (Wildman–Crippen MR) is 181 cm³/mol. The number of hydrogen-bond donors (Lipinski definition) is 1. The Morgan fingerprint density at radius 2 is 1.78 bits per heavy atom. The van der Waals surface area contributed by atoms with Crippen molar-refractivity contribution in [3.8, 4) is 22.4 Å². The van der Waals surface area contributed by atoms with Crippen LogP contribution in [0.2, 0.25) is 0 Å². The number of fused-ring (bicyclic) bond motifs is 1. The first-order chi connectivity index (χ1) is 21.9. The van der Waals surface area contributed by atoms with Crippen molar-refractivity contribution >= 4 is 17.2 Å². The Kier molecular flexibility index (Phi) is 9.50. The topological polar surface area (TPSA) is 58.1 Å². The summed E-state index contributed by atoms with van der Waals surface area (Å²) in [5.41, 5.74) is 9.48. The van der Waals surface area contributed by atoms with Gasteiger partial charge in [0, 0.05) is 35.6 Å². The van der Waals surface area contributed by atoms with Crippen molar-refractivity contribution in [1.29, 1.82) is 0 Å². The number of nitrogens with zero attached hydrogens (tertiary/aromatic N) is 3. The van der Waals surface area contributed by atoms with Gasteiger partial charge in [0.05, 0.1) is 17.6 Å². The molecular weight excluding hydrogens is 559 g/mol. The zero-order chi connectivity index (χ0) is 31.3. The number of halogens is 1. The fraction of sp³-hybridized carbons (Fsp3) is 0.359. The summed E-state index contributed by atoms with van der Waals surface area (Å²) in [4.78, 5) is 25.9. The van der Waals surface area contributed by atoms with Crippen molar-refractivity contribution in [3.05, 3.63) is 107 Å². The van der Waals surface area contributed by atoms with E-state index in [4.69, 9.17) is 0 Å². The number of nitrogens with one attached hydrogen (secondary N) is 1. The van der Waals surface area contributed by atoms with E-state index in [1.54, 1.807) is 12.3 Å². The van der Waals surface area contributed by atoms with E-state index in [2.05, 4.69) is 65.2 Å². The lowest BCUT2D eigenvalue weighted by Crippen LogP contribution is -2.29. The first-order valence-corrected chi connectivity index (χ1v) is 16.5. The van der Waals surface area contributed by atoms with Gasteiger partial charge in [0.15, 0.2) is 0 Å². The van der Waals surface area contributed by atoms with E-state index in [9.17, 15) is 9.18 Å². The Morgan fingerprint density at radius 1 is 0.933 bits per heavy atom. The smallest absolute Gasteiger partial charge is 0.256 e. The van der Waals surface area contributed by atoms with Gasteiger partial charge in [-0.25, -0.2) is 4.39 Å². The first-order valence-electron chi connectivity index (χ1n) is 16.5. The standard InChI is InChI=1S/C39H43FN4O/c1-4-29-12-11-26(2)27(3)35-15-13-30(32-19-28(22-41-23-32)25-44-17-6-5-7-18-44)21-36(35)38(29)39(45)43-34-14-16-37(42-24-34)31-9-8-10-33(40)20-31/h8-10,13-16,19-24,26-27H,4-7,11-12,17-18,25H2,1-3H3,(H,43,45). The highest BCUT2D eigenvalue weighted by molar-refractivity contribution is 6.26. The van der Waals surface area contributed by atoms with Crippen molar-refractivity contribution in [1.82, 2.24) is 14.9 Å². The van der Waals surface area contributed by atoms with Gasteiger partial charge >= 0.3 is 0 Å². The number of hydrogen-bond acceptors (Lipinski definition) is 4. The molecule has 1 amide bonds. The zero-order valence-corrected chi connectivity index (χ0v) is 26.7. The molecule has 1 saturated heterocycles. The van der Waals surface area contributed by atoms with Crippen LogP contribution < -0.4 is 5.32 Å². The lowest BCUT2D eigenvalue weighted by atomic mass is 9.76. The monoisotopic (exact) mass is 602 g/mol. The summed E-state index contributed by atoms with van der Waals surface area (Å²) in [5, 5.41) is 3.14. The predicted octanol–water partition coefficient (Wildman–Crippen LogP) is 9.27. The third-order valence-corrected chi connectivity index (χ3v) is 9.70. The maximum Gasteiger partial charge on any atom is 0.256 e. The van der Waals surface area contributed by atoms with Crippen molar-refractivity contribution < 1.29 is 9.18 Å². The van der Waals surface area contributed by atoms with E-state index in [-0.39, 0.29) is 11.7 Å². The highest BCUT2D eigenvalue weighted by atomic mass is 19.1. The molecule has 6 heteroatoms. The highest BCUT2D eigenvalue weighted by Crippen LogP contribution is 2.41. The van der Waals surface area contributed by atoms with Crippen LogP contribution in [0.5, 0.6) is 0 Å². The van der Waals surface area contributed by atoms with E-state index >= 15 is 0 Å². The summed E-state index contributed by atoms with van der Waals surface area (Å²) >= 11 is 0. The molecule has 4 aromatic rings. The second-order valence-corrected chi connectivity index (χ2v) is 12.8. The lowest BCUT2D eigenvalue weighted by Gasteiger charge is -2.29. The Labute approximate surface area is 266 Å². The maximum atomic E-state index is 14.2. The van der Waals surface area contributed by atoms with Crippen LogP contribution >= 0.6 is 0 Å². The van der Waals surface area contributed by atoms with Crippen LogP contribution in [-0.2, 0) is 11.3 Å². The average Bonchev–Trinajstić information content (AvgIpc) is 3.06. The van der Waals surface area contributed by atoms with Gasteiger partial charge in [-0.3, -0.25) is 19.7 Å². The van der Waals surface area contributed by atoms with Crippen molar-refractivity contribution in [3.63, 3.8) is 0 Å². The number of pyridine rings is 2. The molecule has 0 radical (unpaired) electrons. The summed E-state index contributed by atoms with van der Waals surface area (Å²) in [6.07, 6.45) is 12.1. The molecule has 0 bridgehead atoms. The van der Waals surface area contributed by atoms with Gasteiger partial charge in [-0.2, -0.15) is 0 Å². The number of carbonyl (C=O) groups is 1. The Hall–Kier alpha value is -4.16. The SMILES string of the molecule is CCC1=C(C(=O)Nc2ccc(-c3cccc(F)c3)nc2)c2cc(-c3cncc(CN4CCCCC4)c3)ccc2C(C)C(C)CC1. The Morgan fingerprint density at radius 3 is 2.53 bits per heavy atom. The minimum Gasteiger partial charge on any atom is -0.321 e. The molecule has 2 aromatic carbocycles. The molecule has 0 saturated carbocycles. The summed E-state index contributed by atoms with van der Waals surface area (Å²) in [5.74, 6) is 0.381. The molecular formula is C39H43FN4O. The van der Waals surface area contributed by atoms with Crippen LogP contribution in [-0.4, -0.2) is 33.9 Å². The molecule has 1 aliphatic heterocycles. The Bertz CT molecular complexity index is 1690. The van der Waals surface area contributed by atoms with Crippen molar-refractivity contribution in [2.45, 2.75) is 71.8 Å². The minimum absolute atomic E-state index is 0.121. The number of benzene rings is 2. The number of piperidine rings is 1. The van der Waals surface area contributed by atoms with Gasteiger partial charge in [0.2, 0.25) is 0 Å². The molecule has 3 heterocycles. The lowest BCUT2D eigenvalue weighted by molar-refractivity contribution is -0.111. The molecule has 5 nitrogen and oxygen atoms in total. The molecule has 1 aliphatic carbocycles. The molecule has 2 aromatic heterocycles. The zero-order valence-electron chi connectivity index (χ0n) is 26.7. The second-order valence-electron chi connectivity index (χ2n) is 12.8. The number of allylic oxidation sites excluding steroid dienone is 1. The minimum atomic E-state index is -0.305. The van der Waals surface area contributed by atoms with E-state index in [1.807, 2.05) is 30.6 Å². The number of carbonyl (C=O) groups excluding carboxylic acids is 1. The second kappa shape index (κ2) is 13.9. The number of aromatic nitrogens is 2. The number of likely N-dealkylation sites (tertiary alicyclic amines) is 1. The van der Waals surface area contributed by atoms with Gasteiger partial charge in [0.25, 0.3) is 5.91 Å². The van der Waals surface area contributed by atoms with Gasteiger partial charge in [0.1, 0.15) is 5.82 Å².